The highest BCUT2D eigenvalue weighted by atomic mass is 19.4. The Kier molecular flexibility index (Phi) is 23.5. The molecule has 3 rings (SSSR count). The Morgan fingerprint density at radius 2 is 1.32 bits per heavy atom. The number of carboxylic acid groups (broad SMARTS) is 3. The summed E-state index contributed by atoms with van der Waals surface area (Å²) in [6.07, 6.45) is 3.45. The molecule has 1 heterocycles. The molecule has 9 N–H and O–H groups in total. The van der Waals surface area contributed by atoms with Crippen LogP contribution in [-0.2, 0) is 48.2 Å². The van der Waals surface area contributed by atoms with Gasteiger partial charge >= 0.3 is 30.3 Å². The quantitative estimate of drug-likeness (QED) is 0.0701. The summed E-state index contributed by atoms with van der Waals surface area (Å²) < 4.78 is 65.6. The molecular weight excluding hydrogens is 814 g/mol. The normalized spacial score (nSPS) is 14.5. The van der Waals surface area contributed by atoms with Crippen LogP contribution in [0.1, 0.15) is 87.6 Å². The molecule has 1 aliphatic rings. The van der Waals surface area contributed by atoms with Crippen molar-refractivity contribution in [2.24, 2.45) is 11.7 Å². The third-order valence-corrected chi connectivity index (χ3v) is 9.23. The lowest BCUT2D eigenvalue weighted by Crippen LogP contribution is -2.56. The fourth-order valence-corrected chi connectivity index (χ4v) is 5.98. The summed E-state index contributed by atoms with van der Waals surface area (Å²) >= 11 is 0. The molecule has 0 radical (unpaired) electrons. The molecule has 3 atom stereocenters. The first-order valence-corrected chi connectivity index (χ1v) is 19.2. The van der Waals surface area contributed by atoms with E-state index in [1.165, 1.54) is 5.56 Å². The predicted molar refractivity (Wildman–Crippen MR) is 202 cm³/mol. The zero-order chi connectivity index (χ0) is 45.5. The van der Waals surface area contributed by atoms with Crippen molar-refractivity contribution in [3.05, 3.63) is 53.6 Å². The van der Waals surface area contributed by atoms with E-state index >= 15 is 0 Å². The van der Waals surface area contributed by atoms with E-state index in [9.17, 15) is 55.7 Å². The standard InChI is InChI=1S/C34H52N6O6.2C2HF3O2/c1-24-36-18-20-40(24)19-8-6-9-25-13-15-27(16-14-25)22-31(42)37-30(23-41)33(44)38-28(12-5-7-17-35)32(43)39-29(34(45)46)21-26-10-3-2-4-11-26;2*3-2(4,5)1(6)7/h13-16,18,20,26,28-30,41H,2-12,17,19,21-23,35H2,1H3,(H,37,42)(H,38,44)(H,39,43)(H,45,46);2*(H,6,7)/t28-,29-,30-;;/m0../s1. The van der Waals surface area contributed by atoms with E-state index in [1.807, 2.05) is 37.4 Å². The number of aryl methyl sites for hydroxylation is 3. The number of aliphatic carboxylic acids is 3. The van der Waals surface area contributed by atoms with Crippen molar-refractivity contribution in [1.82, 2.24) is 25.5 Å². The predicted octanol–water partition coefficient (Wildman–Crippen LogP) is 3.65. The molecule has 1 fully saturated rings. The van der Waals surface area contributed by atoms with E-state index in [-0.39, 0.29) is 18.8 Å². The molecule has 0 saturated heterocycles. The minimum absolute atomic E-state index is 0.0197. The molecule has 0 unspecified atom stereocenters. The molecular formula is C38H54F6N6O10. The van der Waals surface area contributed by atoms with Gasteiger partial charge in [0.15, 0.2) is 0 Å². The summed E-state index contributed by atoms with van der Waals surface area (Å²) in [4.78, 5) is 73.1. The minimum Gasteiger partial charge on any atom is -0.480 e. The molecule has 2 aromatic rings. The Morgan fingerprint density at radius 1 is 0.783 bits per heavy atom. The topological polar surface area (TPSA) is 263 Å². The molecule has 338 valence electrons. The largest absolute Gasteiger partial charge is 0.490 e. The number of nitrogens with two attached hydrogens (primary N) is 1. The molecule has 1 saturated carbocycles. The first-order chi connectivity index (χ1) is 28.1. The molecule has 3 amide bonds. The van der Waals surface area contributed by atoms with E-state index in [0.29, 0.717) is 25.8 Å². The number of carboxylic acids is 3. The molecule has 0 aliphatic heterocycles. The van der Waals surface area contributed by atoms with Crippen molar-refractivity contribution in [2.45, 2.75) is 127 Å². The summed E-state index contributed by atoms with van der Waals surface area (Å²) in [7, 11) is 0. The Morgan fingerprint density at radius 3 is 1.80 bits per heavy atom. The van der Waals surface area contributed by atoms with Crippen molar-refractivity contribution >= 4 is 35.6 Å². The van der Waals surface area contributed by atoms with E-state index in [0.717, 1.165) is 69.3 Å². The fourth-order valence-electron chi connectivity index (χ4n) is 5.98. The van der Waals surface area contributed by atoms with Crippen LogP contribution in [0.3, 0.4) is 0 Å². The maximum atomic E-state index is 13.2. The highest BCUT2D eigenvalue weighted by Crippen LogP contribution is 2.27. The molecule has 0 bridgehead atoms. The summed E-state index contributed by atoms with van der Waals surface area (Å²) in [6.45, 7) is 2.66. The number of halogens is 6. The maximum Gasteiger partial charge on any atom is 0.490 e. The van der Waals surface area contributed by atoms with Gasteiger partial charge in [-0.15, -0.1) is 0 Å². The van der Waals surface area contributed by atoms with Crippen LogP contribution in [0.15, 0.2) is 36.7 Å². The number of aliphatic hydroxyl groups is 1. The second-order valence-corrected chi connectivity index (χ2v) is 14.0. The molecule has 1 aromatic heterocycles. The van der Waals surface area contributed by atoms with Crippen LogP contribution in [0.4, 0.5) is 26.3 Å². The number of nitrogens with zero attached hydrogens (tertiary/aromatic N) is 2. The number of aliphatic hydroxyl groups excluding tert-OH is 1. The Labute approximate surface area is 342 Å². The van der Waals surface area contributed by atoms with E-state index in [1.54, 1.807) is 6.20 Å². The van der Waals surface area contributed by atoms with Gasteiger partial charge in [-0.3, -0.25) is 14.4 Å². The van der Waals surface area contributed by atoms with Gasteiger partial charge in [0.25, 0.3) is 0 Å². The monoisotopic (exact) mass is 868 g/mol. The SMILES string of the molecule is Cc1nccn1CCCCc1ccc(CC(=O)N[C@@H](CO)C(=O)N[C@@H](CCCCN)C(=O)N[C@@H](CC2CCCCC2)C(=O)O)cc1.O=C(O)C(F)(F)F.O=C(O)C(F)(F)F. The van der Waals surface area contributed by atoms with Crippen LogP contribution in [0, 0.1) is 12.8 Å². The van der Waals surface area contributed by atoms with Crippen molar-refractivity contribution < 1.29 is 75.5 Å². The van der Waals surface area contributed by atoms with Crippen LogP contribution < -0.4 is 21.7 Å². The van der Waals surface area contributed by atoms with Crippen LogP contribution in [-0.4, -0.2) is 109 Å². The van der Waals surface area contributed by atoms with E-state index in [4.69, 9.17) is 25.5 Å². The Bertz CT molecular complexity index is 1630. The van der Waals surface area contributed by atoms with Crippen molar-refractivity contribution in [2.75, 3.05) is 13.2 Å². The first-order valence-electron chi connectivity index (χ1n) is 19.2. The lowest BCUT2D eigenvalue weighted by Gasteiger charge is -2.27. The van der Waals surface area contributed by atoms with Crippen LogP contribution >= 0.6 is 0 Å². The zero-order valence-corrected chi connectivity index (χ0v) is 33.1. The van der Waals surface area contributed by atoms with Crippen LogP contribution in [0.25, 0.3) is 0 Å². The van der Waals surface area contributed by atoms with E-state index in [2.05, 4.69) is 25.5 Å². The van der Waals surface area contributed by atoms with Gasteiger partial charge in [0.1, 0.15) is 23.9 Å². The molecule has 16 nitrogen and oxygen atoms in total. The Balaban J connectivity index is 0.00000110. The number of unbranched alkanes of at least 4 members (excludes halogenated alkanes) is 2. The number of nitrogens with one attached hydrogen (secondary N) is 3. The third kappa shape index (κ3) is 21.7. The number of hydrogen-bond donors (Lipinski definition) is 8. The lowest BCUT2D eigenvalue weighted by molar-refractivity contribution is -0.193. The van der Waals surface area contributed by atoms with Gasteiger partial charge in [0, 0.05) is 18.9 Å². The van der Waals surface area contributed by atoms with E-state index < -0.39 is 72.7 Å². The number of aromatic nitrogens is 2. The van der Waals surface area contributed by atoms with Crippen molar-refractivity contribution in [1.29, 1.82) is 0 Å². The summed E-state index contributed by atoms with van der Waals surface area (Å²) in [6, 6.07) is 4.38. The van der Waals surface area contributed by atoms with Gasteiger partial charge in [0.05, 0.1) is 13.0 Å². The number of rotatable bonds is 20. The van der Waals surface area contributed by atoms with Crippen molar-refractivity contribution in [3.8, 4) is 0 Å². The highest BCUT2D eigenvalue weighted by molar-refractivity contribution is 5.93. The number of alkyl halides is 6. The van der Waals surface area contributed by atoms with Crippen LogP contribution in [0.5, 0.6) is 0 Å². The van der Waals surface area contributed by atoms with Gasteiger partial charge in [-0.1, -0.05) is 56.4 Å². The smallest absolute Gasteiger partial charge is 0.480 e. The molecule has 1 aromatic carbocycles. The second kappa shape index (κ2) is 26.8. The van der Waals surface area contributed by atoms with Crippen molar-refractivity contribution in [3.63, 3.8) is 0 Å². The molecule has 22 heteroatoms. The summed E-state index contributed by atoms with van der Waals surface area (Å²) in [5.74, 6) is -7.16. The Hall–Kier alpha value is -5.25. The first kappa shape index (κ1) is 52.8. The average molecular weight is 869 g/mol. The molecule has 1 aliphatic carbocycles. The summed E-state index contributed by atoms with van der Waals surface area (Å²) in [5, 5.41) is 41.7. The number of carbonyl (C=O) groups excluding carboxylic acids is 3. The zero-order valence-electron chi connectivity index (χ0n) is 33.1. The highest BCUT2D eigenvalue weighted by Gasteiger charge is 2.39. The van der Waals surface area contributed by atoms with Gasteiger partial charge in [-0.2, -0.15) is 26.3 Å². The van der Waals surface area contributed by atoms with Crippen LogP contribution in [0.2, 0.25) is 0 Å². The number of imidazole rings is 1. The summed E-state index contributed by atoms with van der Waals surface area (Å²) in [5.41, 5.74) is 7.55. The van der Waals surface area contributed by atoms with Gasteiger partial charge in [-0.05, 0) is 75.5 Å². The maximum absolute atomic E-state index is 13.2. The number of hydrogen-bond acceptors (Lipinski definition) is 9. The molecule has 60 heavy (non-hydrogen) atoms. The van der Waals surface area contributed by atoms with Gasteiger partial charge in [0.2, 0.25) is 17.7 Å². The average Bonchev–Trinajstić information content (AvgIpc) is 3.59. The number of benzene rings is 1. The van der Waals surface area contributed by atoms with Gasteiger partial charge in [-0.25, -0.2) is 19.4 Å². The number of carbonyl (C=O) groups is 6. The third-order valence-electron chi connectivity index (χ3n) is 9.23. The molecule has 0 spiro atoms. The second-order valence-electron chi connectivity index (χ2n) is 14.0. The number of amides is 3. The minimum atomic E-state index is -5.08. The fraction of sp³-hybridized carbons (Fsp3) is 0.605. The van der Waals surface area contributed by atoms with Gasteiger partial charge < -0.3 is 46.7 Å². The lowest BCUT2D eigenvalue weighted by atomic mass is 9.84.